The first kappa shape index (κ1) is 10.5. The minimum atomic E-state index is -0.787. The zero-order chi connectivity index (χ0) is 11.0. The number of carboxylic acids is 1. The summed E-state index contributed by atoms with van der Waals surface area (Å²) in [6, 6.07) is 5.47. The number of carbonyl (C=O) groups is 1. The summed E-state index contributed by atoms with van der Waals surface area (Å²) in [6.07, 6.45) is 0. The molecule has 0 bridgehead atoms. The second-order valence-corrected chi connectivity index (χ2v) is 4.30. The van der Waals surface area contributed by atoms with Crippen molar-refractivity contribution in [3.8, 4) is 0 Å². The van der Waals surface area contributed by atoms with Crippen molar-refractivity contribution in [2.24, 2.45) is 0 Å². The van der Waals surface area contributed by atoms with E-state index in [2.05, 4.69) is 0 Å². The largest absolute Gasteiger partial charge is 0.481 e. The molecule has 1 aliphatic heterocycles. The van der Waals surface area contributed by atoms with Gasteiger partial charge < -0.3 is 10.0 Å². The molecular weight excluding hydrogens is 214 g/mol. The van der Waals surface area contributed by atoms with Gasteiger partial charge in [0.2, 0.25) is 0 Å². The molecule has 15 heavy (non-hydrogen) atoms. The highest BCUT2D eigenvalue weighted by molar-refractivity contribution is 6.31. The summed E-state index contributed by atoms with van der Waals surface area (Å²) in [4.78, 5) is 13.1. The Balaban J connectivity index is 2.51. The van der Waals surface area contributed by atoms with Gasteiger partial charge in [0.25, 0.3) is 0 Å². The maximum absolute atomic E-state index is 11.1. The molecule has 2 rings (SSSR count). The fourth-order valence-electron chi connectivity index (χ4n) is 2.02. The highest BCUT2D eigenvalue weighted by Crippen LogP contribution is 2.32. The van der Waals surface area contributed by atoms with E-state index in [0.717, 1.165) is 17.7 Å². The van der Waals surface area contributed by atoms with Crippen LogP contribution in [0.3, 0.4) is 0 Å². The van der Waals surface area contributed by atoms with Crippen molar-refractivity contribution < 1.29 is 9.90 Å². The van der Waals surface area contributed by atoms with Crippen LogP contribution in [0.15, 0.2) is 18.2 Å². The van der Waals surface area contributed by atoms with Crippen LogP contribution in [0.4, 0.5) is 0 Å². The summed E-state index contributed by atoms with van der Waals surface area (Å²) in [5.74, 6) is -1.25. The van der Waals surface area contributed by atoms with Crippen molar-refractivity contribution in [3.63, 3.8) is 0 Å². The van der Waals surface area contributed by atoms with Crippen LogP contribution in [-0.2, 0) is 11.3 Å². The van der Waals surface area contributed by atoms with E-state index in [1.807, 2.05) is 24.1 Å². The van der Waals surface area contributed by atoms with Gasteiger partial charge in [-0.05, 0) is 24.2 Å². The Bertz CT molecular complexity index is 406. The summed E-state index contributed by atoms with van der Waals surface area (Å²) < 4.78 is 0. The Morgan fingerprint density at radius 2 is 2.33 bits per heavy atom. The molecule has 0 spiro atoms. The SMILES string of the molecule is CN1Cc2c(Cl)cccc2C(C(=O)O)C1. The Labute approximate surface area is 93.3 Å². The third kappa shape index (κ3) is 1.85. The van der Waals surface area contributed by atoms with Gasteiger partial charge >= 0.3 is 5.97 Å². The monoisotopic (exact) mass is 225 g/mol. The fourth-order valence-corrected chi connectivity index (χ4v) is 2.27. The number of fused-ring (bicyclic) bond motifs is 1. The van der Waals surface area contributed by atoms with Crippen molar-refractivity contribution in [3.05, 3.63) is 34.3 Å². The second kappa shape index (κ2) is 3.83. The number of likely N-dealkylation sites (N-methyl/N-ethyl adjacent to an activating group) is 1. The van der Waals surface area contributed by atoms with E-state index in [9.17, 15) is 4.79 Å². The average Bonchev–Trinajstić information content (AvgIpc) is 2.18. The van der Waals surface area contributed by atoms with Gasteiger partial charge in [-0.15, -0.1) is 0 Å². The Kier molecular flexibility index (Phi) is 2.67. The molecule has 1 N–H and O–H groups in total. The number of benzene rings is 1. The standard InChI is InChI=1S/C11H12ClNO2/c1-13-5-8-7(3-2-4-10(8)12)9(6-13)11(14)15/h2-4,9H,5-6H2,1H3,(H,14,15). The molecule has 0 fully saturated rings. The van der Waals surface area contributed by atoms with Gasteiger partial charge in [0, 0.05) is 18.1 Å². The predicted octanol–water partition coefficient (Wildman–Crippen LogP) is 1.95. The maximum atomic E-state index is 11.1. The molecule has 1 atom stereocenters. The molecule has 1 unspecified atom stereocenters. The Morgan fingerprint density at radius 1 is 1.60 bits per heavy atom. The molecule has 0 saturated heterocycles. The molecule has 0 aliphatic carbocycles. The molecule has 3 nitrogen and oxygen atoms in total. The highest BCUT2D eigenvalue weighted by Gasteiger charge is 2.29. The van der Waals surface area contributed by atoms with Crippen molar-refractivity contribution >= 4 is 17.6 Å². The van der Waals surface area contributed by atoms with Gasteiger partial charge in [0.1, 0.15) is 0 Å². The molecule has 0 aromatic heterocycles. The van der Waals surface area contributed by atoms with Crippen LogP contribution in [0.25, 0.3) is 0 Å². The van der Waals surface area contributed by atoms with Crippen molar-refractivity contribution in [2.75, 3.05) is 13.6 Å². The van der Waals surface area contributed by atoms with Gasteiger partial charge in [-0.25, -0.2) is 0 Å². The lowest BCUT2D eigenvalue weighted by Gasteiger charge is -2.30. The topological polar surface area (TPSA) is 40.5 Å². The zero-order valence-corrected chi connectivity index (χ0v) is 9.16. The van der Waals surface area contributed by atoms with Gasteiger partial charge in [-0.2, -0.15) is 0 Å². The molecule has 1 aliphatic rings. The first-order chi connectivity index (χ1) is 7.09. The average molecular weight is 226 g/mol. The number of aliphatic carboxylic acids is 1. The van der Waals surface area contributed by atoms with Crippen LogP contribution < -0.4 is 0 Å². The summed E-state index contributed by atoms with van der Waals surface area (Å²) in [7, 11) is 1.90. The fraction of sp³-hybridized carbons (Fsp3) is 0.364. The number of carboxylic acid groups (broad SMARTS) is 1. The van der Waals surface area contributed by atoms with Gasteiger partial charge in [-0.3, -0.25) is 4.79 Å². The summed E-state index contributed by atoms with van der Waals surface area (Å²) in [6.45, 7) is 1.27. The van der Waals surface area contributed by atoms with Crippen molar-refractivity contribution in [1.82, 2.24) is 4.90 Å². The molecule has 1 heterocycles. The third-order valence-corrected chi connectivity index (χ3v) is 3.10. The second-order valence-electron chi connectivity index (χ2n) is 3.90. The smallest absolute Gasteiger partial charge is 0.312 e. The minimum Gasteiger partial charge on any atom is -0.481 e. The summed E-state index contributed by atoms with van der Waals surface area (Å²) in [5, 5.41) is 9.78. The van der Waals surface area contributed by atoms with Crippen LogP contribution >= 0.6 is 11.6 Å². The van der Waals surface area contributed by atoms with Crippen molar-refractivity contribution in [2.45, 2.75) is 12.5 Å². The quantitative estimate of drug-likeness (QED) is 0.794. The zero-order valence-electron chi connectivity index (χ0n) is 8.40. The first-order valence-corrected chi connectivity index (χ1v) is 5.16. The van der Waals surface area contributed by atoms with E-state index in [0.29, 0.717) is 11.6 Å². The lowest BCUT2D eigenvalue weighted by molar-refractivity contribution is -0.139. The summed E-state index contributed by atoms with van der Waals surface area (Å²) in [5.41, 5.74) is 1.80. The lowest BCUT2D eigenvalue weighted by Crippen LogP contribution is -2.34. The van der Waals surface area contributed by atoms with Crippen LogP contribution in [-0.4, -0.2) is 29.6 Å². The van der Waals surface area contributed by atoms with Crippen LogP contribution in [0.5, 0.6) is 0 Å². The lowest BCUT2D eigenvalue weighted by atomic mass is 9.90. The van der Waals surface area contributed by atoms with E-state index >= 15 is 0 Å². The number of hydrogen-bond donors (Lipinski definition) is 1. The number of nitrogens with zero attached hydrogens (tertiary/aromatic N) is 1. The van der Waals surface area contributed by atoms with Gasteiger partial charge in [0.05, 0.1) is 5.92 Å². The molecule has 0 amide bonds. The third-order valence-electron chi connectivity index (χ3n) is 2.75. The van der Waals surface area contributed by atoms with E-state index < -0.39 is 11.9 Å². The van der Waals surface area contributed by atoms with E-state index in [4.69, 9.17) is 16.7 Å². The van der Waals surface area contributed by atoms with Crippen molar-refractivity contribution in [1.29, 1.82) is 0 Å². The van der Waals surface area contributed by atoms with Gasteiger partial charge in [0.15, 0.2) is 0 Å². The molecule has 1 aromatic rings. The molecular formula is C11H12ClNO2. The first-order valence-electron chi connectivity index (χ1n) is 4.78. The predicted molar refractivity (Wildman–Crippen MR) is 58.2 cm³/mol. The number of rotatable bonds is 1. The molecule has 4 heteroatoms. The molecule has 0 radical (unpaired) electrons. The number of halogens is 1. The molecule has 1 aromatic carbocycles. The van der Waals surface area contributed by atoms with E-state index in [1.165, 1.54) is 0 Å². The van der Waals surface area contributed by atoms with Crippen LogP contribution in [0, 0.1) is 0 Å². The molecule has 80 valence electrons. The number of hydrogen-bond acceptors (Lipinski definition) is 2. The minimum absolute atomic E-state index is 0.461. The Hall–Kier alpha value is -1.06. The normalized spacial score (nSPS) is 21.1. The Morgan fingerprint density at radius 3 is 3.00 bits per heavy atom. The van der Waals surface area contributed by atoms with E-state index in [-0.39, 0.29) is 0 Å². The summed E-state index contributed by atoms with van der Waals surface area (Å²) >= 11 is 6.06. The van der Waals surface area contributed by atoms with E-state index in [1.54, 1.807) is 6.07 Å². The van der Waals surface area contributed by atoms with Gasteiger partial charge in [-0.1, -0.05) is 23.7 Å². The molecule has 0 saturated carbocycles. The highest BCUT2D eigenvalue weighted by atomic mass is 35.5. The maximum Gasteiger partial charge on any atom is 0.312 e. The van der Waals surface area contributed by atoms with Crippen LogP contribution in [0.1, 0.15) is 17.0 Å². The van der Waals surface area contributed by atoms with Crippen LogP contribution in [0.2, 0.25) is 5.02 Å².